The highest BCUT2D eigenvalue weighted by Gasteiger charge is 2.18. The first-order valence-electron chi connectivity index (χ1n) is 8.12. The number of rotatable bonds is 8. The number of carbonyl (C=O) groups is 1. The first kappa shape index (κ1) is 19.9. The molecule has 0 heterocycles. The number of amides is 1. The molecule has 0 bridgehead atoms. The SMILES string of the molecule is CCCCNS(=O)(=O)c1ccc(OC)c(NC(=O)c2ccccc2F)c1. The second kappa shape index (κ2) is 8.77. The summed E-state index contributed by atoms with van der Waals surface area (Å²) >= 11 is 0. The van der Waals surface area contributed by atoms with E-state index in [0.717, 1.165) is 6.42 Å². The van der Waals surface area contributed by atoms with Gasteiger partial charge in [0.2, 0.25) is 10.0 Å². The second-order valence-corrected chi connectivity index (χ2v) is 7.31. The van der Waals surface area contributed by atoms with Crippen LogP contribution in [0.1, 0.15) is 30.1 Å². The number of unbranched alkanes of at least 4 members (excludes halogenated alkanes) is 1. The molecular formula is C18H21FN2O4S. The van der Waals surface area contributed by atoms with Gasteiger partial charge in [0, 0.05) is 6.54 Å². The third-order valence-electron chi connectivity index (χ3n) is 3.67. The number of nitrogens with one attached hydrogen (secondary N) is 2. The Morgan fingerprint density at radius 1 is 1.19 bits per heavy atom. The van der Waals surface area contributed by atoms with E-state index in [1.165, 1.54) is 49.6 Å². The Bertz CT molecular complexity index is 885. The summed E-state index contributed by atoms with van der Waals surface area (Å²) in [5.74, 6) is -1.11. The highest BCUT2D eigenvalue weighted by molar-refractivity contribution is 7.89. The fourth-order valence-electron chi connectivity index (χ4n) is 2.25. The monoisotopic (exact) mass is 380 g/mol. The van der Waals surface area contributed by atoms with Gasteiger partial charge < -0.3 is 10.1 Å². The van der Waals surface area contributed by atoms with Gasteiger partial charge in [-0.05, 0) is 36.8 Å². The van der Waals surface area contributed by atoms with Crippen LogP contribution in [-0.4, -0.2) is 28.0 Å². The van der Waals surface area contributed by atoms with E-state index in [4.69, 9.17) is 4.74 Å². The minimum atomic E-state index is -3.72. The van der Waals surface area contributed by atoms with Crippen molar-refractivity contribution < 1.29 is 22.3 Å². The van der Waals surface area contributed by atoms with Gasteiger partial charge in [0.1, 0.15) is 11.6 Å². The highest BCUT2D eigenvalue weighted by Crippen LogP contribution is 2.28. The van der Waals surface area contributed by atoms with Crippen LogP contribution in [0, 0.1) is 5.82 Å². The van der Waals surface area contributed by atoms with E-state index in [-0.39, 0.29) is 21.9 Å². The minimum absolute atomic E-state index is 0.0155. The van der Waals surface area contributed by atoms with Gasteiger partial charge >= 0.3 is 0 Å². The van der Waals surface area contributed by atoms with E-state index < -0.39 is 21.7 Å². The number of carbonyl (C=O) groups excluding carboxylic acids is 1. The molecule has 0 atom stereocenters. The van der Waals surface area contributed by atoms with Crippen molar-refractivity contribution >= 4 is 21.6 Å². The van der Waals surface area contributed by atoms with Crippen LogP contribution in [0.2, 0.25) is 0 Å². The molecule has 0 saturated carbocycles. The molecule has 26 heavy (non-hydrogen) atoms. The molecule has 6 nitrogen and oxygen atoms in total. The molecule has 0 aliphatic carbocycles. The summed E-state index contributed by atoms with van der Waals surface area (Å²) in [5, 5.41) is 2.50. The van der Waals surface area contributed by atoms with Gasteiger partial charge in [-0.2, -0.15) is 0 Å². The fourth-order valence-corrected chi connectivity index (χ4v) is 3.35. The van der Waals surface area contributed by atoms with Crippen molar-refractivity contribution in [1.82, 2.24) is 4.72 Å². The Morgan fingerprint density at radius 3 is 2.58 bits per heavy atom. The van der Waals surface area contributed by atoms with Crippen molar-refractivity contribution in [2.75, 3.05) is 19.0 Å². The van der Waals surface area contributed by atoms with Crippen molar-refractivity contribution in [3.8, 4) is 5.75 Å². The van der Waals surface area contributed by atoms with Gasteiger partial charge in [0.05, 0.1) is 23.3 Å². The zero-order chi connectivity index (χ0) is 19.2. The molecule has 0 aliphatic heterocycles. The van der Waals surface area contributed by atoms with E-state index in [2.05, 4.69) is 10.0 Å². The summed E-state index contributed by atoms with van der Waals surface area (Å²) in [4.78, 5) is 12.3. The number of halogens is 1. The molecule has 0 spiro atoms. The molecule has 0 unspecified atom stereocenters. The number of benzene rings is 2. The zero-order valence-electron chi connectivity index (χ0n) is 14.6. The smallest absolute Gasteiger partial charge is 0.258 e. The molecule has 140 valence electrons. The lowest BCUT2D eigenvalue weighted by Gasteiger charge is -2.13. The molecule has 0 aromatic heterocycles. The summed E-state index contributed by atoms with van der Waals surface area (Å²) in [6, 6.07) is 9.62. The van der Waals surface area contributed by atoms with E-state index in [9.17, 15) is 17.6 Å². The lowest BCUT2D eigenvalue weighted by molar-refractivity contribution is 0.102. The average Bonchev–Trinajstić information content (AvgIpc) is 2.62. The summed E-state index contributed by atoms with van der Waals surface area (Å²) in [7, 11) is -2.33. The average molecular weight is 380 g/mol. The Labute approximate surface area is 152 Å². The maximum absolute atomic E-state index is 13.8. The quantitative estimate of drug-likeness (QED) is 0.689. The number of ether oxygens (including phenoxy) is 1. The van der Waals surface area contributed by atoms with Crippen LogP contribution in [0.15, 0.2) is 47.4 Å². The Morgan fingerprint density at radius 2 is 1.92 bits per heavy atom. The summed E-state index contributed by atoms with van der Waals surface area (Å²) in [5.41, 5.74) is -0.0111. The van der Waals surface area contributed by atoms with Crippen LogP contribution in [0.5, 0.6) is 5.75 Å². The summed E-state index contributed by atoms with van der Waals surface area (Å²) in [6.45, 7) is 2.28. The van der Waals surface area contributed by atoms with Gasteiger partial charge in [-0.25, -0.2) is 17.5 Å². The number of hydrogen-bond acceptors (Lipinski definition) is 4. The number of hydrogen-bond donors (Lipinski definition) is 2. The van der Waals surface area contributed by atoms with Crippen molar-refractivity contribution in [2.45, 2.75) is 24.7 Å². The van der Waals surface area contributed by atoms with Crippen LogP contribution in [0.3, 0.4) is 0 Å². The number of methoxy groups -OCH3 is 1. The maximum Gasteiger partial charge on any atom is 0.258 e. The standard InChI is InChI=1S/C18H21FN2O4S/c1-3-4-11-20-26(23,24)13-9-10-17(25-2)16(12-13)21-18(22)14-7-5-6-8-15(14)19/h5-10,12,20H,3-4,11H2,1-2H3,(H,21,22). The van der Waals surface area contributed by atoms with E-state index in [1.54, 1.807) is 0 Å². The van der Waals surface area contributed by atoms with Gasteiger partial charge in [0.25, 0.3) is 5.91 Å². The minimum Gasteiger partial charge on any atom is -0.495 e. The van der Waals surface area contributed by atoms with Gasteiger partial charge in [-0.3, -0.25) is 4.79 Å². The molecular weight excluding hydrogens is 359 g/mol. The normalized spacial score (nSPS) is 11.2. The zero-order valence-corrected chi connectivity index (χ0v) is 15.4. The molecule has 2 rings (SSSR count). The van der Waals surface area contributed by atoms with E-state index in [0.29, 0.717) is 13.0 Å². The lowest BCUT2D eigenvalue weighted by atomic mass is 10.2. The van der Waals surface area contributed by atoms with Crippen LogP contribution in [0.4, 0.5) is 10.1 Å². The summed E-state index contributed by atoms with van der Waals surface area (Å²) < 4.78 is 46.1. The largest absolute Gasteiger partial charge is 0.495 e. The van der Waals surface area contributed by atoms with Crippen LogP contribution >= 0.6 is 0 Å². The Hall–Kier alpha value is -2.45. The molecule has 0 fully saturated rings. The second-order valence-electron chi connectivity index (χ2n) is 5.55. The van der Waals surface area contributed by atoms with Gasteiger partial charge in [-0.15, -0.1) is 0 Å². The third kappa shape index (κ3) is 4.80. The predicted molar refractivity (Wildman–Crippen MR) is 97.4 cm³/mol. The number of sulfonamides is 1. The third-order valence-corrected chi connectivity index (χ3v) is 5.13. The molecule has 0 radical (unpaired) electrons. The molecule has 2 N–H and O–H groups in total. The van der Waals surface area contributed by atoms with Gasteiger partial charge in [-0.1, -0.05) is 25.5 Å². The van der Waals surface area contributed by atoms with E-state index in [1.807, 2.05) is 6.92 Å². The van der Waals surface area contributed by atoms with E-state index >= 15 is 0 Å². The molecule has 0 aliphatic rings. The predicted octanol–water partition coefficient (Wildman–Crippen LogP) is 3.17. The van der Waals surface area contributed by atoms with Crippen LogP contribution in [0.25, 0.3) is 0 Å². The molecule has 2 aromatic carbocycles. The Kier molecular flexibility index (Phi) is 6.70. The van der Waals surface area contributed by atoms with Gasteiger partial charge in [0.15, 0.2) is 0 Å². The first-order valence-corrected chi connectivity index (χ1v) is 9.61. The molecule has 1 amide bonds. The lowest BCUT2D eigenvalue weighted by Crippen LogP contribution is -2.25. The fraction of sp³-hybridized carbons (Fsp3) is 0.278. The number of anilines is 1. The van der Waals surface area contributed by atoms with Crippen molar-refractivity contribution in [3.05, 3.63) is 53.8 Å². The molecule has 8 heteroatoms. The maximum atomic E-state index is 13.8. The van der Waals surface area contributed by atoms with Crippen molar-refractivity contribution in [2.24, 2.45) is 0 Å². The Balaban J connectivity index is 2.30. The highest BCUT2D eigenvalue weighted by atomic mass is 32.2. The van der Waals surface area contributed by atoms with Crippen molar-refractivity contribution in [3.63, 3.8) is 0 Å². The molecule has 0 saturated heterocycles. The van der Waals surface area contributed by atoms with Crippen molar-refractivity contribution in [1.29, 1.82) is 0 Å². The van der Waals surface area contributed by atoms with Crippen LogP contribution < -0.4 is 14.8 Å². The summed E-state index contributed by atoms with van der Waals surface area (Å²) in [6.07, 6.45) is 1.57. The topological polar surface area (TPSA) is 84.5 Å². The first-order chi connectivity index (χ1) is 12.4. The molecule has 2 aromatic rings. The van der Waals surface area contributed by atoms with Crippen LogP contribution in [-0.2, 0) is 10.0 Å².